The minimum absolute atomic E-state index is 0.456. The van der Waals surface area contributed by atoms with Crippen LogP contribution in [0.4, 0.5) is 0 Å². The zero-order valence-corrected chi connectivity index (χ0v) is 13.1. The molecule has 4 aliphatic rings. The Morgan fingerprint density at radius 1 is 1.14 bits per heavy atom. The van der Waals surface area contributed by atoms with E-state index in [0.717, 1.165) is 30.0 Å². The fraction of sp³-hybridized carbons (Fsp3) is 0.684. The molecule has 4 saturated carbocycles. The molecule has 0 spiro atoms. The summed E-state index contributed by atoms with van der Waals surface area (Å²) >= 11 is 0. The Kier molecular flexibility index (Phi) is 3.25. The Morgan fingerprint density at radius 2 is 1.86 bits per heavy atom. The summed E-state index contributed by atoms with van der Waals surface area (Å²) in [7, 11) is 1.81. The summed E-state index contributed by atoms with van der Waals surface area (Å²) in [6.07, 6.45) is 8.36. The van der Waals surface area contributed by atoms with Crippen LogP contribution >= 0.6 is 0 Å². The van der Waals surface area contributed by atoms with Crippen LogP contribution in [0.25, 0.3) is 0 Å². The second kappa shape index (κ2) is 5.01. The van der Waals surface area contributed by atoms with Gasteiger partial charge in [0, 0.05) is 0 Å². The van der Waals surface area contributed by atoms with Crippen molar-refractivity contribution in [3.63, 3.8) is 0 Å². The van der Waals surface area contributed by atoms with E-state index < -0.39 is 0 Å². The van der Waals surface area contributed by atoms with Crippen LogP contribution in [-0.4, -0.2) is 13.7 Å². The predicted molar refractivity (Wildman–Crippen MR) is 85.4 cm³/mol. The Labute approximate surface area is 128 Å². The highest BCUT2D eigenvalue weighted by Crippen LogP contribution is 2.67. The molecule has 0 heterocycles. The van der Waals surface area contributed by atoms with Crippen molar-refractivity contribution in [3.8, 4) is 5.75 Å². The van der Waals surface area contributed by atoms with Gasteiger partial charge in [-0.1, -0.05) is 18.2 Å². The monoisotopic (exact) mass is 285 g/mol. The molecule has 1 aromatic rings. The van der Waals surface area contributed by atoms with Crippen LogP contribution in [0.15, 0.2) is 24.3 Å². The van der Waals surface area contributed by atoms with E-state index in [0.29, 0.717) is 11.3 Å². The lowest BCUT2D eigenvalue weighted by Crippen LogP contribution is -2.52. The lowest BCUT2D eigenvalue weighted by molar-refractivity contribution is -0.0792. The van der Waals surface area contributed by atoms with Crippen molar-refractivity contribution in [2.75, 3.05) is 13.7 Å². The standard InChI is InChI=1S/C19H27NO/c1-21-17-5-3-2-4-16(17)18-15-9-13-8-14(10-15)12-19(18,11-13)6-7-20/h2-5,13-15,18H,6-12,20H2,1H3. The highest BCUT2D eigenvalue weighted by atomic mass is 16.5. The molecule has 4 aliphatic carbocycles. The van der Waals surface area contributed by atoms with Crippen LogP contribution in [0, 0.1) is 23.2 Å². The van der Waals surface area contributed by atoms with Gasteiger partial charge in [0.2, 0.25) is 0 Å². The summed E-state index contributed by atoms with van der Waals surface area (Å²) < 4.78 is 5.69. The number of nitrogens with two attached hydrogens (primary N) is 1. The molecule has 0 aliphatic heterocycles. The van der Waals surface area contributed by atoms with E-state index in [2.05, 4.69) is 24.3 Å². The van der Waals surface area contributed by atoms with Crippen molar-refractivity contribution >= 4 is 0 Å². The molecular weight excluding hydrogens is 258 g/mol. The van der Waals surface area contributed by atoms with Gasteiger partial charge in [-0.15, -0.1) is 0 Å². The van der Waals surface area contributed by atoms with Gasteiger partial charge in [0.1, 0.15) is 5.75 Å². The average Bonchev–Trinajstić information content (AvgIpc) is 2.46. The average molecular weight is 285 g/mol. The summed E-state index contributed by atoms with van der Waals surface area (Å²) in [5.41, 5.74) is 7.94. The lowest BCUT2D eigenvalue weighted by Gasteiger charge is -2.62. The Morgan fingerprint density at radius 3 is 2.52 bits per heavy atom. The van der Waals surface area contributed by atoms with Crippen LogP contribution in [0.1, 0.15) is 50.0 Å². The van der Waals surface area contributed by atoms with Gasteiger partial charge in [0.05, 0.1) is 7.11 Å². The third kappa shape index (κ3) is 2.03. The van der Waals surface area contributed by atoms with Crippen molar-refractivity contribution in [1.29, 1.82) is 0 Å². The quantitative estimate of drug-likeness (QED) is 0.909. The van der Waals surface area contributed by atoms with Gasteiger partial charge in [-0.2, -0.15) is 0 Å². The maximum atomic E-state index is 6.03. The van der Waals surface area contributed by atoms with Gasteiger partial charge in [-0.25, -0.2) is 0 Å². The van der Waals surface area contributed by atoms with Crippen LogP contribution < -0.4 is 10.5 Å². The molecule has 2 heteroatoms. The number of benzene rings is 1. The van der Waals surface area contributed by atoms with Crippen LogP contribution in [0.5, 0.6) is 5.75 Å². The molecule has 0 radical (unpaired) electrons. The molecule has 3 unspecified atom stereocenters. The van der Waals surface area contributed by atoms with Crippen molar-refractivity contribution in [1.82, 2.24) is 0 Å². The molecule has 4 fully saturated rings. The fourth-order valence-electron chi connectivity index (χ4n) is 6.36. The first-order chi connectivity index (χ1) is 10.3. The number of rotatable bonds is 4. The molecule has 2 nitrogen and oxygen atoms in total. The SMILES string of the molecule is COc1ccccc1C1C2CC3CC(C2)CC1(CCN)C3. The molecule has 5 rings (SSSR count). The Hall–Kier alpha value is -1.02. The van der Waals surface area contributed by atoms with Crippen molar-refractivity contribution in [2.45, 2.75) is 44.4 Å². The first-order valence-electron chi connectivity index (χ1n) is 8.59. The van der Waals surface area contributed by atoms with Gasteiger partial charge in [-0.3, -0.25) is 0 Å². The molecular formula is C19H27NO. The molecule has 21 heavy (non-hydrogen) atoms. The molecule has 3 atom stereocenters. The van der Waals surface area contributed by atoms with E-state index >= 15 is 0 Å². The number of para-hydroxylation sites is 1. The number of hydrogen-bond donors (Lipinski definition) is 1. The molecule has 114 valence electrons. The second-order valence-electron chi connectivity index (χ2n) is 7.73. The minimum atomic E-state index is 0.456. The Balaban J connectivity index is 1.78. The lowest BCUT2D eigenvalue weighted by atomic mass is 9.43. The molecule has 0 amide bonds. The first-order valence-corrected chi connectivity index (χ1v) is 8.59. The van der Waals surface area contributed by atoms with E-state index in [-0.39, 0.29) is 0 Å². The fourth-order valence-corrected chi connectivity index (χ4v) is 6.36. The molecule has 4 bridgehead atoms. The van der Waals surface area contributed by atoms with Crippen molar-refractivity contribution in [2.24, 2.45) is 28.9 Å². The van der Waals surface area contributed by atoms with E-state index in [1.165, 1.54) is 44.1 Å². The topological polar surface area (TPSA) is 35.2 Å². The van der Waals surface area contributed by atoms with Gasteiger partial charge < -0.3 is 10.5 Å². The molecule has 1 aromatic carbocycles. The molecule has 2 N–H and O–H groups in total. The van der Waals surface area contributed by atoms with E-state index in [9.17, 15) is 0 Å². The number of methoxy groups -OCH3 is 1. The zero-order valence-electron chi connectivity index (χ0n) is 13.1. The van der Waals surface area contributed by atoms with E-state index in [1.807, 2.05) is 7.11 Å². The largest absolute Gasteiger partial charge is 0.496 e. The van der Waals surface area contributed by atoms with E-state index in [1.54, 1.807) is 0 Å². The predicted octanol–water partition coefficient (Wildman–Crippen LogP) is 3.95. The second-order valence-corrected chi connectivity index (χ2v) is 7.73. The highest BCUT2D eigenvalue weighted by Gasteiger charge is 2.57. The third-order valence-corrected chi connectivity index (χ3v) is 6.58. The van der Waals surface area contributed by atoms with Crippen molar-refractivity contribution < 1.29 is 4.74 Å². The van der Waals surface area contributed by atoms with Crippen LogP contribution in [0.2, 0.25) is 0 Å². The van der Waals surface area contributed by atoms with Crippen LogP contribution in [-0.2, 0) is 0 Å². The van der Waals surface area contributed by atoms with E-state index in [4.69, 9.17) is 10.5 Å². The van der Waals surface area contributed by atoms with Gasteiger partial charge >= 0.3 is 0 Å². The summed E-state index contributed by atoms with van der Waals surface area (Å²) in [6.45, 7) is 0.831. The summed E-state index contributed by atoms with van der Waals surface area (Å²) in [5, 5.41) is 0. The van der Waals surface area contributed by atoms with Gasteiger partial charge in [-0.05, 0) is 85.8 Å². The Bertz CT molecular complexity index is 512. The normalized spacial score (nSPS) is 40.5. The maximum Gasteiger partial charge on any atom is 0.122 e. The smallest absolute Gasteiger partial charge is 0.122 e. The molecule has 0 aromatic heterocycles. The van der Waals surface area contributed by atoms with Gasteiger partial charge in [0.15, 0.2) is 0 Å². The van der Waals surface area contributed by atoms with Gasteiger partial charge in [0.25, 0.3) is 0 Å². The summed E-state index contributed by atoms with van der Waals surface area (Å²) in [4.78, 5) is 0. The summed E-state index contributed by atoms with van der Waals surface area (Å²) in [5.74, 6) is 4.57. The minimum Gasteiger partial charge on any atom is -0.496 e. The number of hydrogen-bond acceptors (Lipinski definition) is 2. The number of ether oxygens (including phenoxy) is 1. The maximum absolute atomic E-state index is 6.03. The zero-order chi connectivity index (χ0) is 14.4. The summed E-state index contributed by atoms with van der Waals surface area (Å²) in [6, 6.07) is 8.72. The first kappa shape index (κ1) is 13.6. The van der Waals surface area contributed by atoms with Crippen molar-refractivity contribution in [3.05, 3.63) is 29.8 Å². The highest BCUT2D eigenvalue weighted by molar-refractivity contribution is 5.39. The third-order valence-electron chi connectivity index (χ3n) is 6.58. The molecule has 0 saturated heterocycles. The van der Waals surface area contributed by atoms with Crippen LogP contribution in [0.3, 0.4) is 0 Å².